The average Bonchev–Trinajstić information content (AvgIpc) is 3.01. The first-order valence-electron chi connectivity index (χ1n) is 8.67. The summed E-state index contributed by atoms with van der Waals surface area (Å²) in [6.45, 7) is -0.0730. The van der Waals surface area contributed by atoms with E-state index < -0.39 is 24.5 Å². The van der Waals surface area contributed by atoms with Crippen LogP contribution in [0.3, 0.4) is 0 Å². The molecule has 2 heterocycles. The third kappa shape index (κ3) is 3.31. The molecule has 1 aromatic heterocycles. The average molecular weight is 390 g/mol. The number of nitrogens with zero attached hydrogens (tertiary/aromatic N) is 1. The van der Waals surface area contributed by atoms with Gasteiger partial charge in [0.25, 0.3) is 0 Å². The van der Waals surface area contributed by atoms with Crippen molar-refractivity contribution >= 4 is 22.5 Å². The molecule has 1 fully saturated rings. The molecule has 2 aromatic carbocycles. The minimum Gasteiger partial charge on any atom is -0.508 e. The maximum Gasteiger partial charge on any atom is 0.162 e. The highest BCUT2D eigenvalue weighted by Crippen LogP contribution is 2.35. The molecule has 0 aliphatic carbocycles. The Hall–Kier alpha value is -2.09. The second kappa shape index (κ2) is 7.14. The summed E-state index contributed by atoms with van der Waals surface area (Å²) in [6, 6.07) is 12.4. The van der Waals surface area contributed by atoms with Gasteiger partial charge in [-0.2, -0.15) is 0 Å². The van der Waals surface area contributed by atoms with E-state index in [1.165, 1.54) is 0 Å². The molecule has 27 heavy (non-hydrogen) atoms. The van der Waals surface area contributed by atoms with Crippen LogP contribution in [-0.2, 0) is 11.2 Å². The van der Waals surface area contributed by atoms with Gasteiger partial charge in [-0.25, -0.2) is 0 Å². The van der Waals surface area contributed by atoms with E-state index >= 15 is 0 Å². The molecule has 0 bridgehead atoms. The molecular weight excluding hydrogens is 370 g/mol. The van der Waals surface area contributed by atoms with E-state index in [9.17, 15) is 20.4 Å². The van der Waals surface area contributed by atoms with Crippen molar-refractivity contribution in [1.29, 1.82) is 0 Å². The van der Waals surface area contributed by atoms with Crippen LogP contribution in [0.5, 0.6) is 5.75 Å². The van der Waals surface area contributed by atoms with Crippen LogP contribution in [0.4, 0.5) is 0 Å². The van der Waals surface area contributed by atoms with Gasteiger partial charge in [-0.3, -0.25) is 0 Å². The molecule has 4 atom stereocenters. The van der Waals surface area contributed by atoms with Gasteiger partial charge in [0.05, 0.1) is 17.1 Å². The topological polar surface area (TPSA) is 95.1 Å². The minimum atomic E-state index is -1.29. The largest absolute Gasteiger partial charge is 0.508 e. The number of hydrogen-bond donors (Lipinski definition) is 4. The fourth-order valence-electron chi connectivity index (χ4n) is 3.56. The lowest BCUT2D eigenvalue weighted by Gasteiger charge is -2.36. The van der Waals surface area contributed by atoms with E-state index in [1.807, 2.05) is 30.5 Å². The SMILES string of the molecule is Oc1ccc(Cc2cn([C@@H]3OC[C@@H](O)[C@H](O)[C@H]3O)c3cccc(Cl)c23)cc1. The van der Waals surface area contributed by atoms with Crippen LogP contribution < -0.4 is 0 Å². The summed E-state index contributed by atoms with van der Waals surface area (Å²) >= 11 is 6.45. The number of rotatable bonds is 3. The third-order valence-corrected chi connectivity index (χ3v) is 5.28. The summed E-state index contributed by atoms with van der Waals surface area (Å²) in [5.41, 5.74) is 2.69. The summed E-state index contributed by atoms with van der Waals surface area (Å²) < 4.78 is 7.36. The number of aliphatic hydroxyl groups excluding tert-OH is 3. The molecule has 1 aliphatic rings. The lowest BCUT2D eigenvalue weighted by atomic mass is 10.0. The van der Waals surface area contributed by atoms with Gasteiger partial charge in [0, 0.05) is 11.6 Å². The number of halogens is 1. The van der Waals surface area contributed by atoms with Crippen molar-refractivity contribution in [2.75, 3.05) is 6.61 Å². The number of benzene rings is 2. The maximum atomic E-state index is 10.4. The molecular formula is C20H20ClNO5. The Morgan fingerprint density at radius 3 is 2.52 bits per heavy atom. The number of aromatic nitrogens is 1. The van der Waals surface area contributed by atoms with Gasteiger partial charge in [-0.1, -0.05) is 29.8 Å². The van der Waals surface area contributed by atoms with Crippen LogP contribution in [0, 0.1) is 0 Å². The van der Waals surface area contributed by atoms with E-state index in [0.717, 1.165) is 22.0 Å². The van der Waals surface area contributed by atoms with E-state index in [1.54, 1.807) is 22.8 Å². The number of fused-ring (bicyclic) bond motifs is 1. The molecule has 142 valence electrons. The van der Waals surface area contributed by atoms with Gasteiger partial charge < -0.3 is 29.7 Å². The molecule has 0 spiro atoms. The van der Waals surface area contributed by atoms with Crippen molar-refractivity contribution in [2.24, 2.45) is 0 Å². The van der Waals surface area contributed by atoms with Gasteiger partial charge in [0.2, 0.25) is 0 Å². The number of hydrogen-bond acceptors (Lipinski definition) is 5. The zero-order valence-electron chi connectivity index (χ0n) is 14.4. The second-order valence-electron chi connectivity index (χ2n) is 6.81. The minimum absolute atomic E-state index is 0.0730. The van der Waals surface area contributed by atoms with Crippen molar-refractivity contribution in [3.05, 3.63) is 64.8 Å². The van der Waals surface area contributed by atoms with Crippen LogP contribution in [0.1, 0.15) is 17.4 Å². The Morgan fingerprint density at radius 1 is 1.04 bits per heavy atom. The predicted molar refractivity (Wildman–Crippen MR) is 101 cm³/mol. The van der Waals surface area contributed by atoms with Gasteiger partial charge in [0.15, 0.2) is 6.23 Å². The monoisotopic (exact) mass is 389 g/mol. The third-order valence-electron chi connectivity index (χ3n) is 4.96. The Kier molecular flexibility index (Phi) is 4.84. The van der Waals surface area contributed by atoms with Crippen LogP contribution in [0.25, 0.3) is 10.9 Å². The van der Waals surface area contributed by atoms with E-state index in [4.69, 9.17) is 16.3 Å². The van der Waals surface area contributed by atoms with Crippen LogP contribution >= 0.6 is 11.6 Å². The van der Waals surface area contributed by atoms with Crippen LogP contribution in [-0.4, -0.2) is 49.9 Å². The first-order chi connectivity index (χ1) is 13.0. The summed E-state index contributed by atoms with van der Waals surface area (Å²) in [7, 11) is 0. The molecule has 0 radical (unpaired) electrons. The normalized spacial score (nSPS) is 25.8. The zero-order chi connectivity index (χ0) is 19.1. The molecule has 0 unspecified atom stereocenters. The Morgan fingerprint density at radius 2 is 1.78 bits per heavy atom. The number of aromatic hydroxyl groups is 1. The standard InChI is InChI=1S/C20H20ClNO5/c21-14-2-1-3-15-17(14)12(8-11-4-6-13(23)7-5-11)9-22(15)20-19(26)18(25)16(24)10-27-20/h1-7,9,16,18-20,23-26H,8,10H2/t16-,18+,19-,20-/m1/s1. The highest BCUT2D eigenvalue weighted by atomic mass is 35.5. The van der Waals surface area contributed by atoms with Crippen molar-refractivity contribution in [3.63, 3.8) is 0 Å². The van der Waals surface area contributed by atoms with Gasteiger partial charge >= 0.3 is 0 Å². The predicted octanol–water partition coefficient (Wildman–Crippen LogP) is 2.20. The Balaban J connectivity index is 1.78. The number of phenolic OH excluding ortho intramolecular Hbond substituents is 1. The van der Waals surface area contributed by atoms with Gasteiger partial charge in [-0.15, -0.1) is 0 Å². The van der Waals surface area contributed by atoms with Crippen LogP contribution in [0.2, 0.25) is 5.02 Å². The van der Waals surface area contributed by atoms with Gasteiger partial charge in [-0.05, 0) is 41.8 Å². The van der Waals surface area contributed by atoms with E-state index in [2.05, 4.69) is 0 Å². The zero-order valence-corrected chi connectivity index (χ0v) is 15.1. The number of phenols is 1. The van der Waals surface area contributed by atoms with E-state index in [0.29, 0.717) is 11.4 Å². The lowest BCUT2D eigenvalue weighted by Crippen LogP contribution is -2.50. The summed E-state index contributed by atoms with van der Waals surface area (Å²) in [5.74, 6) is 0.200. The van der Waals surface area contributed by atoms with Crippen molar-refractivity contribution in [1.82, 2.24) is 4.57 Å². The summed E-state index contributed by atoms with van der Waals surface area (Å²) in [6.07, 6.45) is -2.11. The van der Waals surface area contributed by atoms with Crippen LogP contribution in [0.15, 0.2) is 48.7 Å². The first-order valence-corrected chi connectivity index (χ1v) is 9.05. The molecule has 3 aromatic rings. The molecule has 0 saturated carbocycles. The smallest absolute Gasteiger partial charge is 0.162 e. The maximum absolute atomic E-state index is 10.4. The fourth-order valence-corrected chi connectivity index (χ4v) is 3.85. The van der Waals surface area contributed by atoms with Crippen molar-refractivity contribution in [2.45, 2.75) is 31.0 Å². The lowest BCUT2D eigenvalue weighted by molar-refractivity contribution is -0.209. The molecule has 6 nitrogen and oxygen atoms in total. The molecule has 1 aliphatic heterocycles. The molecule has 7 heteroatoms. The first kappa shape index (κ1) is 18.3. The summed E-state index contributed by atoms with van der Waals surface area (Å²) in [5, 5.41) is 41.0. The highest BCUT2D eigenvalue weighted by Gasteiger charge is 2.39. The quantitative estimate of drug-likeness (QED) is 0.551. The van der Waals surface area contributed by atoms with E-state index in [-0.39, 0.29) is 12.4 Å². The molecule has 0 amide bonds. The van der Waals surface area contributed by atoms with Crippen molar-refractivity contribution in [3.8, 4) is 5.75 Å². The Bertz CT molecular complexity index is 955. The van der Waals surface area contributed by atoms with Gasteiger partial charge in [0.1, 0.15) is 24.1 Å². The number of ether oxygens (including phenoxy) is 1. The fraction of sp³-hybridized carbons (Fsp3) is 0.300. The Labute approximate surface area is 160 Å². The highest BCUT2D eigenvalue weighted by molar-refractivity contribution is 6.35. The number of aliphatic hydroxyl groups is 3. The second-order valence-corrected chi connectivity index (χ2v) is 7.22. The molecule has 4 N–H and O–H groups in total. The van der Waals surface area contributed by atoms with Crippen molar-refractivity contribution < 1.29 is 25.2 Å². The summed E-state index contributed by atoms with van der Waals surface area (Å²) in [4.78, 5) is 0. The molecule has 1 saturated heterocycles. The molecule has 4 rings (SSSR count).